The van der Waals surface area contributed by atoms with Gasteiger partial charge in [0.1, 0.15) is 0 Å². The normalized spacial score (nSPS) is 17.5. The van der Waals surface area contributed by atoms with Crippen molar-refractivity contribution in [3.05, 3.63) is 0 Å². The van der Waals surface area contributed by atoms with Gasteiger partial charge in [-0.05, 0) is 13.5 Å². The van der Waals surface area contributed by atoms with E-state index >= 15 is 0 Å². The number of rotatable bonds is 10. The average molecular weight is 259 g/mol. The molecular weight excluding hydrogens is 230 g/mol. The van der Waals surface area contributed by atoms with Crippen LogP contribution >= 0.6 is 0 Å². The molecule has 1 saturated heterocycles. The minimum absolute atomic E-state index is 0.693. The molecule has 0 bridgehead atoms. The lowest BCUT2D eigenvalue weighted by Crippen LogP contribution is -2.46. The molecule has 0 aromatic rings. The summed E-state index contributed by atoms with van der Waals surface area (Å²) in [6.45, 7) is 10.3. The van der Waals surface area contributed by atoms with Gasteiger partial charge in [0, 0.05) is 59.5 Å². The zero-order valence-corrected chi connectivity index (χ0v) is 12.0. The van der Waals surface area contributed by atoms with E-state index in [1.807, 2.05) is 0 Å². The Morgan fingerprint density at radius 1 is 1.11 bits per heavy atom. The predicted molar refractivity (Wildman–Crippen MR) is 74.1 cm³/mol. The Bertz CT molecular complexity index is 187. The fraction of sp³-hybridized carbons (Fsp3) is 1.00. The van der Waals surface area contributed by atoms with Crippen LogP contribution in [0.3, 0.4) is 0 Å². The molecule has 0 amide bonds. The van der Waals surface area contributed by atoms with Gasteiger partial charge in [0.2, 0.25) is 0 Å². The van der Waals surface area contributed by atoms with Gasteiger partial charge < -0.3 is 19.7 Å². The molecular formula is C13H29N3O2. The second-order valence-electron chi connectivity index (χ2n) is 4.85. The number of likely N-dealkylation sites (N-methyl/N-ethyl adjacent to an activating group) is 1. The van der Waals surface area contributed by atoms with E-state index in [0.717, 1.165) is 39.2 Å². The summed E-state index contributed by atoms with van der Waals surface area (Å²) in [5, 5.41) is 3.38. The molecule has 108 valence electrons. The van der Waals surface area contributed by atoms with Crippen LogP contribution in [0.5, 0.6) is 0 Å². The van der Waals surface area contributed by atoms with E-state index in [-0.39, 0.29) is 0 Å². The molecule has 1 aliphatic rings. The molecule has 0 aliphatic carbocycles. The van der Waals surface area contributed by atoms with Crippen molar-refractivity contribution < 1.29 is 9.47 Å². The van der Waals surface area contributed by atoms with Gasteiger partial charge >= 0.3 is 0 Å². The predicted octanol–water partition coefficient (Wildman–Crippen LogP) is -0.123. The third-order valence-electron chi connectivity index (χ3n) is 3.27. The van der Waals surface area contributed by atoms with Gasteiger partial charge in [-0.15, -0.1) is 0 Å². The second-order valence-corrected chi connectivity index (χ2v) is 4.85. The summed E-state index contributed by atoms with van der Waals surface area (Å²) in [6.07, 6.45) is 1.10. The van der Waals surface area contributed by atoms with Gasteiger partial charge in [-0.2, -0.15) is 0 Å². The van der Waals surface area contributed by atoms with E-state index in [9.17, 15) is 0 Å². The number of piperazine rings is 1. The number of nitrogens with one attached hydrogen (secondary N) is 1. The second kappa shape index (κ2) is 10.7. The molecule has 1 rings (SSSR count). The largest absolute Gasteiger partial charge is 0.382 e. The van der Waals surface area contributed by atoms with Gasteiger partial charge in [-0.1, -0.05) is 0 Å². The highest BCUT2D eigenvalue weighted by atomic mass is 16.5. The Morgan fingerprint density at radius 2 is 1.89 bits per heavy atom. The molecule has 1 fully saturated rings. The lowest BCUT2D eigenvalue weighted by atomic mass is 10.3. The van der Waals surface area contributed by atoms with Gasteiger partial charge in [0.15, 0.2) is 0 Å². The molecule has 1 heterocycles. The molecule has 0 saturated carbocycles. The van der Waals surface area contributed by atoms with Crippen LogP contribution in [0, 0.1) is 0 Å². The zero-order valence-electron chi connectivity index (χ0n) is 12.0. The van der Waals surface area contributed by atoms with Crippen molar-refractivity contribution in [1.29, 1.82) is 0 Å². The van der Waals surface area contributed by atoms with E-state index in [4.69, 9.17) is 9.47 Å². The molecule has 0 unspecified atom stereocenters. The maximum Gasteiger partial charge on any atom is 0.0700 e. The van der Waals surface area contributed by atoms with E-state index in [0.29, 0.717) is 13.2 Å². The van der Waals surface area contributed by atoms with Crippen molar-refractivity contribution in [2.45, 2.75) is 6.42 Å². The van der Waals surface area contributed by atoms with Gasteiger partial charge in [-0.3, -0.25) is 4.90 Å². The lowest BCUT2D eigenvalue weighted by Gasteiger charge is -2.29. The average Bonchev–Trinajstić information content (AvgIpc) is 2.41. The lowest BCUT2D eigenvalue weighted by molar-refractivity contribution is 0.0658. The first-order valence-electron chi connectivity index (χ1n) is 7.01. The summed E-state index contributed by atoms with van der Waals surface area (Å²) < 4.78 is 10.4. The Labute approximate surface area is 111 Å². The number of ether oxygens (including phenoxy) is 2. The van der Waals surface area contributed by atoms with Crippen molar-refractivity contribution in [2.75, 3.05) is 79.8 Å². The minimum Gasteiger partial charge on any atom is -0.382 e. The zero-order chi connectivity index (χ0) is 13.1. The van der Waals surface area contributed by atoms with Crippen LogP contribution in [0.1, 0.15) is 6.42 Å². The summed E-state index contributed by atoms with van der Waals surface area (Å²) in [5.41, 5.74) is 0. The monoisotopic (exact) mass is 259 g/mol. The van der Waals surface area contributed by atoms with Crippen LogP contribution in [0.4, 0.5) is 0 Å². The molecule has 0 aromatic heterocycles. The van der Waals surface area contributed by atoms with Crippen LogP contribution in [-0.4, -0.2) is 89.6 Å². The van der Waals surface area contributed by atoms with Crippen LogP contribution < -0.4 is 5.32 Å². The molecule has 0 aromatic carbocycles. The van der Waals surface area contributed by atoms with Crippen molar-refractivity contribution >= 4 is 0 Å². The maximum atomic E-state index is 5.45. The highest BCUT2D eigenvalue weighted by molar-refractivity contribution is 4.68. The van der Waals surface area contributed by atoms with Crippen LogP contribution in [0.15, 0.2) is 0 Å². The van der Waals surface area contributed by atoms with Crippen molar-refractivity contribution in [3.63, 3.8) is 0 Å². The van der Waals surface area contributed by atoms with Crippen LogP contribution in [-0.2, 0) is 9.47 Å². The summed E-state index contributed by atoms with van der Waals surface area (Å²) in [5.74, 6) is 0. The number of nitrogens with zero attached hydrogens (tertiary/aromatic N) is 2. The summed E-state index contributed by atoms with van der Waals surface area (Å²) in [7, 11) is 3.89. The first kappa shape index (κ1) is 15.9. The topological polar surface area (TPSA) is 37.0 Å². The standard InChI is InChI=1S/C13H29N3O2/c1-15(6-3-11-18-13-12-17-2)9-10-16-7-4-14-5-8-16/h14H,3-13H2,1-2H3. The molecule has 1 aliphatic heterocycles. The summed E-state index contributed by atoms with van der Waals surface area (Å²) in [6, 6.07) is 0. The first-order chi connectivity index (χ1) is 8.83. The molecule has 0 spiro atoms. The third-order valence-corrected chi connectivity index (χ3v) is 3.27. The van der Waals surface area contributed by atoms with E-state index in [1.165, 1.54) is 19.6 Å². The molecule has 0 atom stereocenters. The fourth-order valence-electron chi connectivity index (χ4n) is 2.04. The minimum atomic E-state index is 0.693. The smallest absolute Gasteiger partial charge is 0.0700 e. The Hall–Kier alpha value is -0.200. The fourth-order valence-corrected chi connectivity index (χ4v) is 2.04. The van der Waals surface area contributed by atoms with Crippen molar-refractivity contribution in [1.82, 2.24) is 15.1 Å². The SMILES string of the molecule is COCCOCCCN(C)CCN1CCNCC1. The molecule has 18 heavy (non-hydrogen) atoms. The third kappa shape index (κ3) is 8.00. The maximum absolute atomic E-state index is 5.45. The van der Waals surface area contributed by atoms with Gasteiger partial charge in [0.05, 0.1) is 13.2 Å². The van der Waals surface area contributed by atoms with E-state index in [2.05, 4.69) is 22.2 Å². The molecule has 5 heteroatoms. The van der Waals surface area contributed by atoms with E-state index < -0.39 is 0 Å². The number of methoxy groups -OCH3 is 1. The summed E-state index contributed by atoms with van der Waals surface area (Å²) >= 11 is 0. The van der Waals surface area contributed by atoms with Crippen molar-refractivity contribution in [2.24, 2.45) is 0 Å². The van der Waals surface area contributed by atoms with Crippen LogP contribution in [0.2, 0.25) is 0 Å². The van der Waals surface area contributed by atoms with E-state index in [1.54, 1.807) is 7.11 Å². The van der Waals surface area contributed by atoms with Crippen molar-refractivity contribution in [3.8, 4) is 0 Å². The Morgan fingerprint density at radius 3 is 2.61 bits per heavy atom. The quantitative estimate of drug-likeness (QED) is 0.554. The molecule has 0 radical (unpaired) electrons. The number of hydrogen-bond acceptors (Lipinski definition) is 5. The highest BCUT2D eigenvalue weighted by Crippen LogP contribution is 1.94. The van der Waals surface area contributed by atoms with Gasteiger partial charge in [0.25, 0.3) is 0 Å². The Kier molecular flexibility index (Phi) is 9.42. The first-order valence-corrected chi connectivity index (χ1v) is 7.01. The van der Waals surface area contributed by atoms with Crippen LogP contribution in [0.25, 0.3) is 0 Å². The van der Waals surface area contributed by atoms with Gasteiger partial charge in [-0.25, -0.2) is 0 Å². The highest BCUT2D eigenvalue weighted by Gasteiger charge is 2.09. The Balaban J connectivity index is 1.88. The molecule has 1 N–H and O–H groups in total. The number of hydrogen-bond donors (Lipinski definition) is 1. The summed E-state index contributed by atoms with van der Waals surface area (Å²) in [4.78, 5) is 4.92. The molecule has 5 nitrogen and oxygen atoms in total.